The highest BCUT2D eigenvalue weighted by atomic mass is 79.9. The molecule has 0 saturated heterocycles. The minimum atomic E-state index is -2.89. The molecule has 0 aliphatic rings. The third kappa shape index (κ3) is 6.32. The van der Waals surface area contributed by atoms with Crippen LogP contribution in [0.2, 0.25) is 0 Å². The van der Waals surface area contributed by atoms with Crippen LogP contribution in [0.1, 0.15) is 30.1 Å². The van der Waals surface area contributed by atoms with E-state index in [4.69, 9.17) is 0 Å². The van der Waals surface area contributed by atoms with Crippen LogP contribution in [0.3, 0.4) is 0 Å². The van der Waals surface area contributed by atoms with Crippen LogP contribution in [0.15, 0.2) is 24.3 Å². The molecule has 1 amide bonds. The van der Waals surface area contributed by atoms with Crippen molar-refractivity contribution in [2.24, 2.45) is 5.92 Å². The van der Waals surface area contributed by atoms with E-state index in [2.05, 4.69) is 32.9 Å². The van der Waals surface area contributed by atoms with E-state index >= 15 is 0 Å². The second-order valence-electron chi connectivity index (χ2n) is 4.56. The van der Waals surface area contributed by atoms with Crippen molar-refractivity contribution >= 4 is 21.8 Å². The topological polar surface area (TPSA) is 38.3 Å². The van der Waals surface area contributed by atoms with Crippen molar-refractivity contribution < 1.29 is 18.3 Å². The molecule has 0 heterocycles. The van der Waals surface area contributed by atoms with Crippen molar-refractivity contribution in [1.82, 2.24) is 5.32 Å². The summed E-state index contributed by atoms with van der Waals surface area (Å²) in [6.07, 6.45) is 1.89. The molecule has 0 aromatic heterocycles. The van der Waals surface area contributed by atoms with Gasteiger partial charge in [-0.3, -0.25) is 4.79 Å². The van der Waals surface area contributed by atoms with Crippen LogP contribution in [0.4, 0.5) is 8.78 Å². The van der Waals surface area contributed by atoms with Gasteiger partial charge in [0.1, 0.15) is 5.75 Å². The molecule has 0 aliphatic carbocycles. The molecule has 6 heteroatoms. The van der Waals surface area contributed by atoms with Crippen LogP contribution in [-0.2, 0) is 0 Å². The van der Waals surface area contributed by atoms with E-state index in [1.807, 2.05) is 0 Å². The summed E-state index contributed by atoms with van der Waals surface area (Å²) in [5.41, 5.74) is 0.316. The molecule has 112 valence electrons. The number of ether oxygens (including phenoxy) is 1. The fourth-order valence-corrected chi connectivity index (χ4v) is 1.97. The van der Waals surface area contributed by atoms with E-state index in [9.17, 15) is 13.6 Å². The Balaban J connectivity index is 2.43. The molecule has 1 aromatic carbocycles. The van der Waals surface area contributed by atoms with Gasteiger partial charge in [-0.05, 0) is 37.0 Å². The second kappa shape index (κ2) is 8.89. The molecule has 1 aromatic rings. The second-order valence-corrected chi connectivity index (χ2v) is 5.21. The fraction of sp³-hybridized carbons (Fsp3) is 0.500. The zero-order valence-electron chi connectivity index (χ0n) is 11.2. The Hall–Kier alpha value is -1.17. The molecule has 0 aliphatic heterocycles. The monoisotopic (exact) mass is 349 g/mol. The van der Waals surface area contributed by atoms with Crippen molar-refractivity contribution in [1.29, 1.82) is 0 Å². The number of halogens is 3. The van der Waals surface area contributed by atoms with Crippen LogP contribution in [0.25, 0.3) is 0 Å². The number of rotatable bonds is 8. The van der Waals surface area contributed by atoms with Crippen molar-refractivity contribution in [3.63, 3.8) is 0 Å². The van der Waals surface area contributed by atoms with Crippen molar-refractivity contribution in [3.05, 3.63) is 29.8 Å². The van der Waals surface area contributed by atoms with E-state index in [0.717, 1.165) is 18.2 Å². The molecule has 3 nitrogen and oxygen atoms in total. The maximum absolute atomic E-state index is 12.1. The summed E-state index contributed by atoms with van der Waals surface area (Å²) in [6, 6.07) is 5.78. The molecular weight excluding hydrogens is 332 g/mol. The van der Waals surface area contributed by atoms with E-state index in [1.54, 1.807) is 6.07 Å². The van der Waals surface area contributed by atoms with Crippen LogP contribution in [0.5, 0.6) is 5.75 Å². The van der Waals surface area contributed by atoms with E-state index in [-0.39, 0.29) is 11.7 Å². The van der Waals surface area contributed by atoms with Gasteiger partial charge in [-0.15, -0.1) is 0 Å². The summed E-state index contributed by atoms with van der Waals surface area (Å²) in [7, 11) is 0. The Kier molecular flexibility index (Phi) is 7.51. The van der Waals surface area contributed by atoms with Crippen LogP contribution < -0.4 is 10.1 Å². The Morgan fingerprint density at radius 3 is 2.85 bits per heavy atom. The first-order valence-electron chi connectivity index (χ1n) is 6.42. The molecule has 0 radical (unpaired) electrons. The minimum Gasteiger partial charge on any atom is -0.435 e. The van der Waals surface area contributed by atoms with Crippen LogP contribution in [0, 0.1) is 5.92 Å². The van der Waals surface area contributed by atoms with Gasteiger partial charge in [0.2, 0.25) is 0 Å². The van der Waals surface area contributed by atoms with Gasteiger partial charge in [0.05, 0.1) is 0 Å². The zero-order valence-corrected chi connectivity index (χ0v) is 12.8. The average molecular weight is 350 g/mol. The number of carbonyl (C=O) groups is 1. The summed E-state index contributed by atoms with van der Waals surface area (Å²) in [4.78, 5) is 11.8. The Bertz CT molecular complexity index is 429. The highest BCUT2D eigenvalue weighted by Gasteiger charge is 2.09. The van der Waals surface area contributed by atoms with Gasteiger partial charge in [-0.25, -0.2) is 0 Å². The molecule has 1 N–H and O–H groups in total. The van der Waals surface area contributed by atoms with Crippen LogP contribution in [-0.4, -0.2) is 24.4 Å². The smallest absolute Gasteiger partial charge is 0.387 e. The Morgan fingerprint density at radius 1 is 1.45 bits per heavy atom. The normalized spacial score (nSPS) is 12.2. The van der Waals surface area contributed by atoms with Crippen molar-refractivity contribution in [2.45, 2.75) is 26.4 Å². The summed E-state index contributed by atoms with van der Waals surface area (Å²) in [6.45, 7) is -0.197. The van der Waals surface area contributed by atoms with Gasteiger partial charge in [0, 0.05) is 17.4 Å². The van der Waals surface area contributed by atoms with Gasteiger partial charge in [-0.2, -0.15) is 8.78 Å². The van der Waals surface area contributed by atoms with Gasteiger partial charge in [0.25, 0.3) is 5.91 Å². The summed E-state index contributed by atoms with van der Waals surface area (Å²) in [5.74, 6) is 0.270. The number of carbonyl (C=O) groups excluding carboxylic acids is 1. The van der Waals surface area contributed by atoms with Gasteiger partial charge >= 0.3 is 6.61 Å². The SMILES string of the molecule is CC(CBr)CCCNC(=O)c1cccc(OC(F)F)c1. The maximum Gasteiger partial charge on any atom is 0.387 e. The minimum absolute atomic E-state index is 0.0134. The molecular formula is C14H18BrF2NO2. The molecule has 1 rings (SSSR count). The lowest BCUT2D eigenvalue weighted by molar-refractivity contribution is -0.0498. The molecule has 0 spiro atoms. The lowest BCUT2D eigenvalue weighted by atomic mass is 10.1. The molecule has 1 atom stereocenters. The molecule has 0 saturated carbocycles. The molecule has 1 unspecified atom stereocenters. The lowest BCUT2D eigenvalue weighted by Gasteiger charge is -2.09. The summed E-state index contributed by atoms with van der Waals surface area (Å²) >= 11 is 3.40. The van der Waals surface area contributed by atoms with Gasteiger partial charge in [0.15, 0.2) is 0 Å². The predicted molar refractivity (Wildman–Crippen MR) is 77.6 cm³/mol. The van der Waals surface area contributed by atoms with Gasteiger partial charge in [-0.1, -0.05) is 28.9 Å². The molecule has 20 heavy (non-hydrogen) atoms. The quantitative estimate of drug-likeness (QED) is 0.572. The molecule has 0 bridgehead atoms. The first-order chi connectivity index (χ1) is 9.52. The number of alkyl halides is 3. The fourth-order valence-electron chi connectivity index (χ4n) is 1.65. The van der Waals surface area contributed by atoms with E-state index < -0.39 is 6.61 Å². The predicted octanol–water partition coefficient (Wildman–Crippen LogP) is 3.83. The number of hydrogen-bond donors (Lipinski definition) is 1. The standard InChI is InChI=1S/C14H18BrF2NO2/c1-10(9-15)4-3-7-18-13(19)11-5-2-6-12(8-11)20-14(16)17/h2,5-6,8,10,14H,3-4,7,9H2,1H3,(H,18,19). The number of benzene rings is 1. The number of amides is 1. The Morgan fingerprint density at radius 2 is 2.20 bits per heavy atom. The third-order valence-corrected chi connectivity index (χ3v) is 3.85. The first kappa shape index (κ1) is 16.9. The van der Waals surface area contributed by atoms with Crippen molar-refractivity contribution in [3.8, 4) is 5.75 Å². The first-order valence-corrected chi connectivity index (χ1v) is 7.54. The summed E-state index contributed by atoms with van der Waals surface area (Å²) in [5, 5.41) is 3.70. The highest BCUT2D eigenvalue weighted by Crippen LogP contribution is 2.16. The van der Waals surface area contributed by atoms with Crippen molar-refractivity contribution in [2.75, 3.05) is 11.9 Å². The third-order valence-electron chi connectivity index (χ3n) is 2.74. The Labute approximate surface area is 125 Å². The number of nitrogens with one attached hydrogen (secondary N) is 1. The average Bonchev–Trinajstić information content (AvgIpc) is 2.42. The molecule has 0 fully saturated rings. The van der Waals surface area contributed by atoms with E-state index in [1.165, 1.54) is 18.2 Å². The zero-order chi connectivity index (χ0) is 15.0. The largest absolute Gasteiger partial charge is 0.435 e. The lowest BCUT2D eigenvalue weighted by Crippen LogP contribution is -2.24. The number of hydrogen-bond acceptors (Lipinski definition) is 2. The maximum atomic E-state index is 12.1. The van der Waals surface area contributed by atoms with E-state index in [0.29, 0.717) is 18.0 Å². The highest BCUT2D eigenvalue weighted by molar-refractivity contribution is 9.09. The van der Waals surface area contributed by atoms with Crippen LogP contribution >= 0.6 is 15.9 Å². The summed E-state index contributed by atoms with van der Waals surface area (Å²) < 4.78 is 28.4. The van der Waals surface area contributed by atoms with Gasteiger partial charge < -0.3 is 10.1 Å².